The van der Waals surface area contributed by atoms with Crippen LogP contribution in [0.4, 0.5) is 52.7 Å². The number of aromatic amines is 4. The molecule has 11 rings (SSSR count). The van der Waals surface area contributed by atoms with E-state index in [2.05, 4.69) is 24.7 Å². The van der Waals surface area contributed by atoms with Crippen molar-refractivity contribution in [3.8, 4) is 0 Å². The zero-order valence-corrected chi connectivity index (χ0v) is 61.1. The van der Waals surface area contributed by atoms with Crippen molar-refractivity contribution in [1.82, 2.24) is 48.8 Å². The van der Waals surface area contributed by atoms with Crippen LogP contribution < -0.4 is 38.6 Å². The Hall–Kier alpha value is -6.75. The maximum atomic E-state index is 12.3. The van der Waals surface area contributed by atoms with E-state index in [1.54, 1.807) is 68.4 Å². The number of rotatable bonds is 14. The van der Waals surface area contributed by atoms with Gasteiger partial charge in [-0.25, -0.2) is 9.59 Å². The summed E-state index contributed by atoms with van der Waals surface area (Å²) in [5.74, 6) is -13.2. The van der Waals surface area contributed by atoms with Gasteiger partial charge in [-0.1, -0.05) is 7.43 Å². The Labute approximate surface area is 639 Å². The predicted octanol–water partition coefficient (Wildman–Crippen LogP) is 1.84. The molecule has 4 unspecified atom stereocenters. The maximum Gasteiger partial charge on any atom is 0.491 e. The third kappa shape index (κ3) is 22.4. The highest BCUT2D eigenvalue weighted by Gasteiger charge is 2.59. The van der Waals surface area contributed by atoms with Gasteiger partial charge in [0.15, 0.2) is 61.4 Å². The van der Waals surface area contributed by atoms with E-state index in [0.717, 1.165) is 10.8 Å². The van der Waals surface area contributed by atoms with Crippen LogP contribution >= 0.6 is 60.5 Å². The Balaban J connectivity index is 0.000000220. The molecule has 7 saturated heterocycles. The summed E-state index contributed by atoms with van der Waals surface area (Å²) in [6.07, 6.45) is -28.3. The van der Waals surface area contributed by atoms with Crippen LogP contribution in [0.2, 0.25) is 0 Å². The number of nitrogens with one attached hydrogen (secondary N) is 6. The number of H-pyrrole nitrogens is 4. The quantitative estimate of drug-likeness (QED) is 0.0282. The number of ether oxygens (including phenoxy) is 11. The molecule has 36 nitrogen and oxygen atoms in total. The minimum Gasteiger partial charge on any atom is -0.394 e. The molecule has 7 fully saturated rings. The molecule has 53 heteroatoms. The SMILES string of the molecule is C.CC1(C)OC2[C@@H](CO)O[C@@H](n3cc(CCl)c(=O)[nH]c3=S)[C@H]2O1.CC1(C)OC2[C@@H](CO)O[C@@H](n3cc(CN)c(=O)[nH]c3=S)[C@H]2O1.CC1(C)OC2[C@@H](CO)O[C@@H](n3cc(CNC(=O)C(F)(F)F)c(=O)[nH]c3=S)[C@H]2O1.O=C(NCc1cn([C@@H]2O[C@H](CO)C(O)[C@@H]2O)c(=S)[nH]c1=O)C(F)(F)F.O=C(OC(=O)C(F)(F)F)C(F)(F)F. The summed E-state index contributed by atoms with van der Waals surface area (Å²) >= 11 is 26.2. The van der Waals surface area contributed by atoms with Gasteiger partial charge in [-0.2, -0.15) is 52.7 Å². The first-order valence-corrected chi connectivity index (χ1v) is 33.6. The van der Waals surface area contributed by atoms with Crippen LogP contribution in [-0.2, 0) is 96.8 Å². The first-order valence-electron chi connectivity index (χ1n) is 31.5. The molecule has 111 heavy (non-hydrogen) atoms. The molecule has 0 saturated carbocycles. The number of esters is 2. The van der Waals surface area contributed by atoms with Gasteiger partial charge in [-0.3, -0.25) is 67.0 Å². The summed E-state index contributed by atoms with van der Waals surface area (Å²) in [7, 11) is 0. The molecule has 7 aliphatic rings. The first kappa shape index (κ1) is 93.1. The van der Waals surface area contributed by atoms with Crippen molar-refractivity contribution in [2.75, 3.05) is 26.4 Å². The number of aliphatic hydroxyl groups excluding tert-OH is 6. The largest absolute Gasteiger partial charge is 0.491 e. The zero-order valence-electron chi connectivity index (χ0n) is 57.1. The highest BCUT2D eigenvalue weighted by molar-refractivity contribution is 7.71. The molecule has 624 valence electrons. The number of aliphatic hydroxyl groups is 6. The maximum absolute atomic E-state index is 12.3. The van der Waals surface area contributed by atoms with Crippen molar-refractivity contribution >= 4 is 84.2 Å². The third-order valence-electron chi connectivity index (χ3n) is 16.1. The molecule has 0 spiro atoms. The summed E-state index contributed by atoms with van der Waals surface area (Å²) in [6.45, 7) is 7.87. The van der Waals surface area contributed by atoms with Crippen LogP contribution in [0.5, 0.6) is 0 Å². The average Bonchev–Trinajstić information content (AvgIpc) is 1.61. The van der Waals surface area contributed by atoms with E-state index in [1.807, 2.05) is 0 Å². The van der Waals surface area contributed by atoms with Crippen LogP contribution in [0.1, 0.15) is 96.1 Å². The topological polar surface area (TPSA) is 492 Å². The highest BCUT2D eigenvalue weighted by Crippen LogP contribution is 2.46. The van der Waals surface area contributed by atoms with Gasteiger partial charge in [0.1, 0.15) is 73.2 Å². The minimum absolute atomic E-state index is 0. The number of hydrogen-bond acceptors (Lipinski definition) is 30. The molecule has 7 aliphatic heterocycles. The van der Waals surface area contributed by atoms with Gasteiger partial charge in [0.25, 0.3) is 22.2 Å². The molecule has 0 aliphatic carbocycles. The zero-order chi connectivity index (χ0) is 82.8. The monoisotopic (exact) mass is 1710 g/mol. The van der Waals surface area contributed by atoms with Gasteiger partial charge in [-0.05, 0) is 90.4 Å². The van der Waals surface area contributed by atoms with Gasteiger partial charge >= 0.3 is 48.5 Å². The standard InChI is InChI=1S/C15H18F3N3O6S.C13H17ClN2O5S.C13H19N3O5S.C12H14F3N3O6S.C4F6O3.CH4/c1-14(2)26-8-7(5-22)25-11(9(8)27-14)21-4-6(10(23)20-13(21)28)3-19-12(24)15(16,17)18;2*1-13(2)20-8-7(5-17)19-11(9(8)21-13)16-4-6(3-14)10(18)15-12(16)22;13-12(14,15)10(23)16-1-4-2-18(11(25)17-8(4)22)9-7(21)6(20)5(3-19)24-9;5-3(6,7)1(11)13-2(12)4(8,9)10;/h4,7-9,11,22H,3,5H2,1-2H3,(H,19,24)(H,20,23,28);4,7-9,11,17H,3,5H2,1-2H3,(H,15,18,22);4,7-9,11,17H,3,5,14H2,1-2H3,(H,15,18,22);2,5-7,9,19-21H,1,3H2,(H,16,23)(H,17,22,25);;1H4/t3*7-,8?,9+,11-;5-,6?,7+,9-;;/m1111../s1. The second kappa shape index (κ2) is 36.4. The fourth-order valence-corrected chi connectivity index (χ4v) is 12.5. The van der Waals surface area contributed by atoms with Crippen molar-refractivity contribution in [2.24, 2.45) is 5.73 Å². The third-order valence-corrected chi connectivity index (χ3v) is 17.6. The lowest BCUT2D eigenvalue weighted by atomic mass is 10.1. The van der Waals surface area contributed by atoms with Gasteiger partial charge in [0.2, 0.25) is 0 Å². The number of aromatic nitrogens is 8. The van der Waals surface area contributed by atoms with E-state index in [-0.39, 0.29) is 81.0 Å². The lowest BCUT2D eigenvalue weighted by Crippen LogP contribution is -2.38. The van der Waals surface area contributed by atoms with E-state index < -0.39 is 195 Å². The summed E-state index contributed by atoms with van der Waals surface area (Å²) < 4.78 is 206. The number of alkyl halides is 13. The molecule has 16 atom stereocenters. The number of hydrogen-bond donors (Lipinski definition) is 13. The van der Waals surface area contributed by atoms with Gasteiger partial charge in [-0.15, -0.1) is 11.6 Å². The summed E-state index contributed by atoms with van der Waals surface area (Å²) in [5, 5.41) is 60.4. The van der Waals surface area contributed by atoms with Crippen molar-refractivity contribution in [1.29, 1.82) is 0 Å². The highest BCUT2D eigenvalue weighted by atomic mass is 35.5. The molecule has 4 aromatic rings. The molecular formula is C58H72ClF12N11O25S4. The van der Waals surface area contributed by atoms with E-state index in [1.165, 1.54) is 16.1 Å². The number of fused-ring (bicyclic) bond motifs is 3. The second-order valence-electron chi connectivity index (χ2n) is 25.3. The minimum atomic E-state index is -5.62. The summed E-state index contributed by atoms with van der Waals surface area (Å²) in [5.41, 5.74) is 3.64. The average molecular weight is 1710 g/mol. The Morgan fingerprint density at radius 2 is 0.721 bits per heavy atom. The van der Waals surface area contributed by atoms with Gasteiger partial charge in [0, 0.05) is 55.5 Å². The summed E-state index contributed by atoms with van der Waals surface area (Å²) in [6, 6.07) is 0. The van der Waals surface area contributed by atoms with Crippen LogP contribution in [-0.4, -0.2) is 234 Å². The van der Waals surface area contributed by atoms with Crippen LogP contribution in [0.15, 0.2) is 44.0 Å². The lowest BCUT2D eigenvalue weighted by molar-refractivity contribution is -0.221. The number of nitrogens with two attached hydrogens (primary N) is 1. The van der Waals surface area contributed by atoms with E-state index in [4.69, 9.17) is 119 Å². The summed E-state index contributed by atoms with van der Waals surface area (Å²) in [4.78, 5) is 98.0. The molecular weight excluding hydrogens is 1640 g/mol. The van der Waals surface area contributed by atoms with E-state index in [9.17, 15) is 117 Å². The van der Waals surface area contributed by atoms with E-state index in [0.29, 0.717) is 11.1 Å². The Morgan fingerprint density at radius 1 is 0.459 bits per heavy atom. The molecule has 11 heterocycles. The number of halogens is 13. The number of nitrogens with zero attached hydrogens (tertiary/aromatic N) is 4. The van der Waals surface area contributed by atoms with E-state index >= 15 is 0 Å². The Kier molecular flexibility index (Phi) is 30.5. The Bertz CT molecular complexity index is 4380. The molecule has 4 aromatic heterocycles. The van der Waals surface area contributed by atoms with Crippen molar-refractivity contribution in [3.63, 3.8) is 0 Å². The molecule has 0 radical (unpaired) electrons. The molecule has 0 aromatic carbocycles. The van der Waals surface area contributed by atoms with Crippen molar-refractivity contribution in [2.45, 2.75) is 215 Å². The van der Waals surface area contributed by atoms with Gasteiger partial charge < -0.3 is 99.1 Å². The lowest BCUT2D eigenvalue weighted by Gasteiger charge is -2.25. The second-order valence-corrected chi connectivity index (χ2v) is 27.1. The van der Waals surface area contributed by atoms with Gasteiger partial charge in [0.05, 0.1) is 43.4 Å². The first-order chi connectivity index (χ1) is 50.7. The molecule has 2 amide bonds. The molecule has 14 N–H and O–H groups in total. The van der Waals surface area contributed by atoms with Crippen LogP contribution in [0.3, 0.4) is 0 Å². The van der Waals surface area contributed by atoms with Crippen molar-refractivity contribution in [3.05, 3.63) is 108 Å². The van der Waals surface area contributed by atoms with Crippen LogP contribution in [0, 0.1) is 19.1 Å². The number of amides is 2. The normalized spacial score (nSPS) is 27.9. The van der Waals surface area contributed by atoms with Crippen LogP contribution in [0.25, 0.3) is 0 Å². The number of carbonyl (C=O) groups excluding carboxylic acids is 4. The molecule has 0 bridgehead atoms. The smallest absolute Gasteiger partial charge is 0.394 e. The fraction of sp³-hybridized carbons (Fsp3) is 0.655. The number of carbonyl (C=O) groups is 4. The van der Waals surface area contributed by atoms with Crippen molar-refractivity contribution < 1.29 is 155 Å². The fourth-order valence-electron chi connectivity index (χ4n) is 11.3. The predicted molar refractivity (Wildman–Crippen MR) is 354 cm³/mol. The Morgan fingerprint density at radius 3 is 0.991 bits per heavy atom.